The second kappa shape index (κ2) is 12.0. The summed E-state index contributed by atoms with van der Waals surface area (Å²) in [7, 11) is 0. The van der Waals surface area contributed by atoms with Gasteiger partial charge in [-0.15, -0.1) is 0 Å². The van der Waals surface area contributed by atoms with E-state index in [2.05, 4.69) is 168 Å². The van der Waals surface area contributed by atoms with Gasteiger partial charge in [-0.3, -0.25) is 0 Å². The molecule has 260 valence electrons. The van der Waals surface area contributed by atoms with Crippen molar-refractivity contribution in [3.05, 3.63) is 188 Å². The highest BCUT2D eigenvalue weighted by Gasteiger charge is 2.24. The maximum absolute atomic E-state index is 7.12. The predicted molar refractivity (Wildman–Crippen MR) is 232 cm³/mol. The van der Waals surface area contributed by atoms with Crippen LogP contribution in [0.5, 0.6) is 0 Å². The van der Waals surface area contributed by atoms with E-state index >= 15 is 0 Å². The van der Waals surface area contributed by atoms with Gasteiger partial charge in [0.1, 0.15) is 5.58 Å². The molecular formula is C52H31N3O. The molecular weight excluding hydrogens is 683 g/mol. The molecule has 0 N–H and O–H groups in total. The van der Waals surface area contributed by atoms with Crippen molar-refractivity contribution >= 4 is 76.1 Å². The Morgan fingerprint density at radius 1 is 0.393 bits per heavy atom. The molecule has 3 aromatic heterocycles. The first-order valence-corrected chi connectivity index (χ1v) is 19.0. The van der Waals surface area contributed by atoms with Crippen molar-refractivity contribution in [3.8, 4) is 39.6 Å². The average Bonchev–Trinajstić information content (AvgIpc) is 3.82. The third kappa shape index (κ3) is 4.60. The van der Waals surface area contributed by atoms with Gasteiger partial charge in [0.2, 0.25) is 0 Å². The first-order chi connectivity index (χ1) is 27.8. The number of aromatic nitrogens is 3. The third-order valence-corrected chi connectivity index (χ3v) is 11.4. The van der Waals surface area contributed by atoms with E-state index in [4.69, 9.17) is 14.4 Å². The highest BCUT2D eigenvalue weighted by Crippen LogP contribution is 2.46. The van der Waals surface area contributed by atoms with Gasteiger partial charge in [0.15, 0.2) is 11.4 Å². The number of furan rings is 1. The van der Waals surface area contributed by atoms with Crippen molar-refractivity contribution in [2.75, 3.05) is 0 Å². The maximum Gasteiger partial charge on any atom is 0.160 e. The highest BCUT2D eigenvalue weighted by atomic mass is 16.3. The minimum Gasteiger partial charge on any atom is -0.454 e. The van der Waals surface area contributed by atoms with Gasteiger partial charge in [-0.1, -0.05) is 146 Å². The quantitative estimate of drug-likeness (QED) is 0.182. The average molecular weight is 714 g/mol. The molecule has 0 saturated heterocycles. The van der Waals surface area contributed by atoms with Crippen molar-refractivity contribution in [3.63, 3.8) is 0 Å². The molecule has 4 nitrogen and oxygen atoms in total. The van der Waals surface area contributed by atoms with Crippen LogP contribution in [0.1, 0.15) is 0 Å². The Hall–Kier alpha value is -7.56. The second-order valence-corrected chi connectivity index (χ2v) is 14.5. The zero-order valence-electron chi connectivity index (χ0n) is 30.1. The lowest BCUT2D eigenvalue weighted by Gasteiger charge is -2.13. The fraction of sp³-hybridized carbons (Fsp3) is 0. The Balaban J connectivity index is 1.22. The monoisotopic (exact) mass is 713 g/mol. The molecule has 0 bridgehead atoms. The van der Waals surface area contributed by atoms with Gasteiger partial charge in [0, 0.05) is 38.2 Å². The summed E-state index contributed by atoms with van der Waals surface area (Å²) >= 11 is 0. The predicted octanol–water partition coefficient (Wildman–Crippen LogP) is 13.9. The van der Waals surface area contributed by atoms with Crippen molar-refractivity contribution in [2.24, 2.45) is 0 Å². The maximum atomic E-state index is 7.12. The second-order valence-electron chi connectivity index (χ2n) is 14.5. The lowest BCUT2D eigenvalue weighted by Crippen LogP contribution is -1.98. The zero-order valence-corrected chi connectivity index (χ0v) is 30.1. The van der Waals surface area contributed by atoms with E-state index in [1.165, 1.54) is 32.3 Å². The molecule has 3 heterocycles. The lowest BCUT2D eigenvalue weighted by molar-refractivity contribution is 0.667. The van der Waals surface area contributed by atoms with E-state index < -0.39 is 0 Å². The number of nitrogens with zero attached hydrogens (tertiary/aromatic N) is 3. The number of fused-ring (bicyclic) bond motifs is 11. The van der Waals surface area contributed by atoms with Crippen LogP contribution in [0.2, 0.25) is 0 Å². The van der Waals surface area contributed by atoms with E-state index in [1.807, 2.05) is 24.3 Å². The molecule has 12 aromatic rings. The van der Waals surface area contributed by atoms with Crippen molar-refractivity contribution in [1.82, 2.24) is 14.5 Å². The van der Waals surface area contributed by atoms with Crippen LogP contribution in [-0.2, 0) is 0 Å². The molecule has 56 heavy (non-hydrogen) atoms. The third-order valence-electron chi connectivity index (χ3n) is 11.4. The SMILES string of the molecule is c1ccc(-c2cc(-c3ccc(-n4c5ccc6ccccc6c5c5c6ccccc6ccc54)c4oc5cc6ccccc6cc5c34)nc(-c3ccccc3)n2)cc1. The summed E-state index contributed by atoms with van der Waals surface area (Å²) < 4.78 is 9.52. The summed E-state index contributed by atoms with van der Waals surface area (Å²) in [5, 5.41) is 11.8. The van der Waals surface area contributed by atoms with E-state index in [9.17, 15) is 0 Å². The molecule has 4 heteroatoms. The fourth-order valence-electron chi connectivity index (χ4n) is 8.81. The number of rotatable bonds is 4. The largest absolute Gasteiger partial charge is 0.454 e. The Labute approximate surface area is 321 Å². The number of benzene rings is 9. The fourth-order valence-corrected chi connectivity index (χ4v) is 8.81. The van der Waals surface area contributed by atoms with Crippen molar-refractivity contribution in [1.29, 1.82) is 0 Å². The minimum absolute atomic E-state index is 0.679. The van der Waals surface area contributed by atoms with Gasteiger partial charge in [0.05, 0.1) is 28.1 Å². The Bertz CT molecular complexity index is 3380. The molecule has 0 unspecified atom stereocenters. The molecule has 0 amide bonds. The molecule has 0 fully saturated rings. The summed E-state index contributed by atoms with van der Waals surface area (Å²) in [6.45, 7) is 0. The van der Waals surface area contributed by atoms with Crippen LogP contribution in [-0.4, -0.2) is 14.5 Å². The Kier molecular flexibility index (Phi) is 6.60. The first kappa shape index (κ1) is 30.9. The highest BCUT2D eigenvalue weighted by molar-refractivity contribution is 6.29. The molecule has 0 spiro atoms. The standard InChI is InChI=1S/C52H31N3O/c1-3-15-34(16-4-1)42-31-43(54-52(53-42)35-17-5-2-6-18-35)40-25-28-46(51-48(40)41-29-36-19-7-8-20-37(36)30-47(41)56-51)55-44-26-23-32-13-9-11-21-38(32)49(44)50-39-22-12-10-14-33(39)24-27-45(50)55/h1-31H. The van der Waals surface area contributed by atoms with Gasteiger partial charge in [-0.25, -0.2) is 9.97 Å². The van der Waals surface area contributed by atoms with E-state index in [0.717, 1.165) is 77.5 Å². The van der Waals surface area contributed by atoms with Crippen LogP contribution in [0.4, 0.5) is 0 Å². The molecule has 0 aliphatic carbocycles. The summed E-state index contributed by atoms with van der Waals surface area (Å²) in [5.74, 6) is 0.679. The van der Waals surface area contributed by atoms with E-state index in [1.54, 1.807) is 0 Å². The van der Waals surface area contributed by atoms with Crippen LogP contribution < -0.4 is 0 Å². The van der Waals surface area contributed by atoms with Crippen LogP contribution in [0.3, 0.4) is 0 Å². The lowest BCUT2D eigenvalue weighted by atomic mass is 9.99. The molecule has 0 atom stereocenters. The van der Waals surface area contributed by atoms with Crippen LogP contribution >= 0.6 is 0 Å². The van der Waals surface area contributed by atoms with E-state index in [0.29, 0.717) is 5.82 Å². The van der Waals surface area contributed by atoms with Crippen molar-refractivity contribution < 1.29 is 4.42 Å². The number of hydrogen-bond acceptors (Lipinski definition) is 3. The normalized spacial score (nSPS) is 11.9. The summed E-state index contributed by atoms with van der Waals surface area (Å²) in [6, 6.07) is 66.5. The molecule has 0 saturated carbocycles. The Morgan fingerprint density at radius 3 is 1.61 bits per heavy atom. The van der Waals surface area contributed by atoms with Gasteiger partial charge < -0.3 is 8.98 Å². The number of hydrogen-bond donors (Lipinski definition) is 0. The smallest absolute Gasteiger partial charge is 0.160 e. The van der Waals surface area contributed by atoms with Crippen molar-refractivity contribution in [2.45, 2.75) is 0 Å². The molecule has 12 rings (SSSR count). The first-order valence-electron chi connectivity index (χ1n) is 19.0. The zero-order chi connectivity index (χ0) is 36.7. The summed E-state index contributed by atoms with van der Waals surface area (Å²) in [4.78, 5) is 10.4. The molecule has 9 aromatic carbocycles. The molecule has 0 radical (unpaired) electrons. The molecule has 0 aliphatic heterocycles. The molecule has 0 aliphatic rings. The summed E-state index contributed by atoms with van der Waals surface area (Å²) in [5.41, 5.74) is 9.60. The Morgan fingerprint density at radius 2 is 0.946 bits per heavy atom. The van der Waals surface area contributed by atoms with Gasteiger partial charge in [-0.05, 0) is 74.8 Å². The van der Waals surface area contributed by atoms with E-state index in [-0.39, 0.29) is 0 Å². The van der Waals surface area contributed by atoms with Gasteiger partial charge in [-0.2, -0.15) is 0 Å². The van der Waals surface area contributed by atoms with Gasteiger partial charge in [0.25, 0.3) is 0 Å². The topological polar surface area (TPSA) is 43.9 Å². The van der Waals surface area contributed by atoms with Gasteiger partial charge >= 0.3 is 0 Å². The van der Waals surface area contributed by atoms with Crippen LogP contribution in [0, 0.1) is 0 Å². The van der Waals surface area contributed by atoms with Crippen LogP contribution in [0.25, 0.3) is 116 Å². The summed E-state index contributed by atoms with van der Waals surface area (Å²) in [6.07, 6.45) is 0. The minimum atomic E-state index is 0.679. The van der Waals surface area contributed by atoms with Crippen LogP contribution in [0.15, 0.2) is 192 Å².